The Balaban J connectivity index is 3.70. The van der Waals surface area contributed by atoms with E-state index in [-0.39, 0.29) is 6.61 Å². The molecular weight excluding hydrogens is 120 g/mol. The summed E-state index contributed by atoms with van der Waals surface area (Å²) in [5.41, 5.74) is -1.12. The molecule has 2 unspecified atom stereocenters. The van der Waals surface area contributed by atoms with Crippen LogP contribution in [0.4, 0.5) is 0 Å². The van der Waals surface area contributed by atoms with Crippen LogP contribution in [0.3, 0.4) is 0 Å². The normalized spacial score (nSPS) is 21.0. The van der Waals surface area contributed by atoms with Crippen molar-refractivity contribution in [1.29, 1.82) is 0 Å². The van der Waals surface area contributed by atoms with Crippen molar-refractivity contribution in [2.45, 2.75) is 25.6 Å². The van der Waals surface area contributed by atoms with Crippen LogP contribution in [0.1, 0.15) is 13.8 Å². The van der Waals surface area contributed by atoms with Crippen molar-refractivity contribution >= 4 is 0 Å². The lowest BCUT2D eigenvalue weighted by Gasteiger charge is -2.24. The Bertz CT molecular complexity index is 78.4. The third-order valence-electron chi connectivity index (χ3n) is 1.34. The van der Waals surface area contributed by atoms with Crippen LogP contribution in [0.25, 0.3) is 0 Å². The van der Waals surface area contributed by atoms with Gasteiger partial charge in [-0.1, -0.05) is 0 Å². The number of ether oxygens (including phenoxy) is 1. The highest BCUT2D eigenvalue weighted by atomic mass is 16.5. The standard InChI is InChI=1S/C6H14O3/c1-5(7)6(2,8)4-9-3/h5,7-8H,4H2,1-3H3. The molecule has 0 rings (SSSR count). The average molecular weight is 134 g/mol. The molecule has 0 saturated heterocycles. The van der Waals surface area contributed by atoms with Crippen LogP contribution in [0, 0.1) is 0 Å². The van der Waals surface area contributed by atoms with Gasteiger partial charge in [-0.25, -0.2) is 0 Å². The summed E-state index contributed by atoms with van der Waals surface area (Å²) in [4.78, 5) is 0. The van der Waals surface area contributed by atoms with Gasteiger partial charge in [0.1, 0.15) is 5.60 Å². The third kappa shape index (κ3) is 2.79. The Kier molecular flexibility index (Phi) is 3.11. The fraction of sp³-hybridized carbons (Fsp3) is 1.00. The smallest absolute Gasteiger partial charge is 0.111 e. The van der Waals surface area contributed by atoms with Crippen molar-refractivity contribution in [3.8, 4) is 0 Å². The second-order valence-electron chi connectivity index (χ2n) is 2.47. The Labute approximate surface area is 55.3 Å². The van der Waals surface area contributed by atoms with E-state index >= 15 is 0 Å². The molecular formula is C6H14O3. The zero-order valence-electron chi connectivity index (χ0n) is 6.09. The summed E-state index contributed by atoms with van der Waals surface area (Å²) < 4.78 is 4.66. The molecule has 0 heterocycles. The van der Waals surface area contributed by atoms with Gasteiger partial charge < -0.3 is 14.9 Å². The summed E-state index contributed by atoms with van der Waals surface area (Å²) in [6, 6.07) is 0. The van der Waals surface area contributed by atoms with E-state index in [1.807, 2.05) is 0 Å². The van der Waals surface area contributed by atoms with E-state index in [2.05, 4.69) is 4.74 Å². The minimum Gasteiger partial charge on any atom is -0.390 e. The average Bonchev–Trinajstić information content (AvgIpc) is 1.65. The maximum atomic E-state index is 9.22. The number of aliphatic hydroxyl groups excluding tert-OH is 1. The molecule has 2 atom stereocenters. The van der Waals surface area contributed by atoms with Crippen molar-refractivity contribution in [2.24, 2.45) is 0 Å². The summed E-state index contributed by atoms with van der Waals surface area (Å²) >= 11 is 0. The van der Waals surface area contributed by atoms with E-state index in [0.29, 0.717) is 0 Å². The molecule has 0 amide bonds. The number of rotatable bonds is 3. The van der Waals surface area contributed by atoms with Gasteiger partial charge in [-0.05, 0) is 13.8 Å². The van der Waals surface area contributed by atoms with E-state index in [9.17, 15) is 5.11 Å². The van der Waals surface area contributed by atoms with Crippen molar-refractivity contribution in [2.75, 3.05) is 13.7 Å². The van der Waals surface area contributed by atoms with Gasteiger partial charge in [0.2, 0.25) is 0 Å². The van der Waals surface area contributed by atoms with E-state index in [1.165, 1.54) is 21.0 Å². The molecule has 0 radical (unpaired) electrons. The van der Waals surface area contributed by atoms with Gasteiger partial charge in [0.15, 0.2) is 0 Å². The monoisotopic (exact) mass is 134 g/mol. The highest BCUT2D eigenvalue weighted by Crippen LogP contribution is 2.08. The van der Waals surface area contributed by atoms with Crippen LogP contribution in [0.5, 0.6) is 0 Å². The molecule has 0 fully saturated rings. The summed E-state index contributed by atoms with van der Waals surface area (Å²) in [6.07, 6.45) is -0.752. The van der Waals surface area contributed by atoms with E-state index in [4.69, 9.17) is 5.11 Å². The first kappa shape index (κ1) is 8.88. The molecule has 0 spiro atoms. The fourth-order valence-electron chi connectivity index (χ4n) is 0.413. The highest BCUT2D eigenvalue weighted by molar-refractivity contribution is 4.77. The first-order valence-corrected chi connectivity index (χ1v) is 2.90. The van der Waals surface area contributed by atoms with Crippen molar-refractivity contribution in [1.82, 2.24) is 0 Å². The maximum absolute atomic E-state index is 9.22. The second-order valence-corrected chi connectivity index (χ2v) is 2.47. The molecule has 0 aromatic heterocycles. The molecule has 0 aliphatic rings. The summed E-state index contributed by atoms with van der Waals surface area (Å²) in [5.74, 6) is 0. The Hall–Kier alpha value is -0.120. The number of methoxy groups -OCH3 is 1. The summed E-state index contributed by atoms with van der Waals surface area (Å²) in [5, 5.41) is 18.1. The van der Waals surface area contributed by atoms with Crippen LogP contribution in [-0.2, 0) is 4.74 Å². The van der Waals surface area contributed by atoms with Crippen LogP contribution in [-0.4, -0.2) is 35.6 Å². The molecule has 9 heavy (non-hydrogen) atoms. The molecule has 0 aliphatic heterocycles. The lowest BCUT2D eigenvalue weighted by atomic mass is 10.0. The van der Waals surface area contributed by atoms with E-state index < -0.39 is 11.7 Å². The summed E-state index contributed by atoms with van der Waals surface area (Å²) in [7, 11) is 1.48. The van der Waals surface area contributed by atoms with E-state index in [0.717, 1.165) is 0 Å². The lowest BCUT2D eigenvalue weighted by molar-refractivity contribution is -0.0932. The number of hydrogen-bond acceptors (Lipinski definition) is 3. The predicted octanol–water partition coefficient (Wildman–Crippen LogP) is -0.235. The van der Waals surface area contributed by atoms with Crippen LogP contribution < -0.4 is 0 Å². The lowest BCUT2D eigenvalue weighted by Crippen LogP contribution is -2.41. The van der Waals surface area contributed by atoms with Gasteiger partial charge in [-0.15, -0.1) is 0 Å². The molecule has 0 aromatic carbocycles. The highest BCUT2D eigenvalue weighted by Gasteiger charge is 2.25. The molecule has 56 valence electrons. The van der Waals surface area contributed by atoms with Gasteiger partial charge >= 0.3 is 0 Å². The second kappa shape index (κ2) is 3.15. The van der Waals surface area contributed by atoms with Gasteiger partial charge in [0.25, 0.3) is 0 Å². The number of hydrogen-bond donors (Lipinski definition) is 2. The zero-order chi connectivity index (χ0) is 7.49. The molecule has 0 saturated carbocycles. The molecule has 0 aromatic rings. The Morgan fingerprint density at radius 1 is 1.67 bits per heavy atom. The minimum absolute atomic E-state index is 0.157. The van der Waals surface area contributed by atoms with Gasteiger partial charge in [0.05, 0.1) is 12.7 Å². The molecule has 0 bridgehead atoms. The molecule has 0 aliphatic carbocycles. The Morgan fingerprint density at radius 3 is 2.22 bits per heavy atom. The first-order chi connectivity index (χ1) is 4.00. The third-order valence-corrected chi connectivity index (χ3v) is 1.34. The van der Waals surface area contributed by atoms with Crippen molar-refractivity contribution in [3.05, 3.63) is 0 Å². The van der Waals surface area contributed by atoms with Gasteiger partial charge in [-0.3, -0.25) is 0 Å². The van der Waals surface area contributed by atoms with Crippen molar-refractivity contribution in [3.63, 3.8) is 0 Å². The van der Waals surface area contributed by atoms with Gasteiger partial charge in [-0.2, -0.15) is 0 Å². The first-order valence-electron chi connectivity index (χ1n) is 2.90. The molecule has 3 nitrogen and oxygen atoms in total. The topological polar surface area (TPSA) is 49.7 Å². The predicted molar refractivity (Wildman–Crippen MR) is 34.2 cm³/mol. The SMILES string of the molecule is COCC(C)(O)C(C)O. The minimum atomic E-state index is -1.12. The largest absolute Gasteiger partial charge is 0.390 e. The molecule has 2 N–H and O–H groups in total. The molecule has 3 heteroatoms. The van der Waals surface area contributed by atoms with Crippen LogP contribution in [0.2, 0.25) is 0 Å². The van der Waals surface area contributed by atoms with E-state index in [1.54, 1.807) is 0 Å². The quantitative estimate of drug-likeness (QED) is 0.560. The van der Waals surface area contributed by atoms with Crippen LogP contribution in [0.15, 0.2) is 0 Å². The van der Waals surface area contributed by atoms with Gasteiger partial charge in [0, 0.05) is 7.11 Å². The number of aliphatic hydroxyl groups is 2. The Morgan fingerprint density at radius 2 is 2.11 bits per heavy atom. The van der Waals surface area contributed by atoms with Crippen LogP contribution >= 0.6 is 0 Å². The van der Waals surface area contributed by atoms with Crippen molar-refractivity contribution < 1.29 is 14.9 Å². The summed E-state index contributed by atoms with van der Waals surface area (Å²) in [6.45, 7) is 3.21. The fourth-order valence-corrected chi connectivity index (χ4v) is 0.413. The maximum Gasteiger partial charge on any atom is 0.111 e. The zero-order valence-corrected chi connectivity index (χ0v) is 6.09.